The number of hydrogen-bond donors (Lipinski definition) is 1. The summed E-state index contributed by atoms with van der Waals surface area (Å²) in [5.74, 6) is -1.31. The zero-order valence-corrected chi connectivity index (χ0v) is 14.6. The molecule has 0 bridgehead atoms. The Hall–Kier alpha value is -2.31. The Morgan fingerprint density at radius 3 is 2.38 bits per heavy atom. The quantitative estimate of drug-likeness (QED) is 0.831. The highest BCUT2D eigenvalue weighted by atomic mass is 16.5. The van der Waals surface area contributed by atoms with Crippen LogP contribution < -0.4 is 0 Å². The average molecular weight is 336 g/mol. The molecule has 1 aliphatic heterocycles. The van der Waals surface area contributed by atoms with Gasteiger partial charge in [-0.15, -0.1) is 0 Å². The number of rotatable bonds is 5. The lowest BCUT2D eigenvalue weighted by Gasteiger charge is -2.20. The Labute approximate surface area is 141 Å². The summed E-state index contributed by atoms with van der Waals surface area (Å²) in [6, 6.07) is 0. The largest absolute Gasteiger partial charge is 0.461 e. The van der Waals surface area contributed by atoms with Crippen molar-refractivity contribution in [3.05, 3.63) is 22.5 Å². The molecular formula is C17H24N2O5. The second-order valence-electron chi connectivity index (χ2n) is 5.93. The minimum Gasteiger partial charge on any atom is -0.461 e. The van der Waals surface area contributed by atoms with E-state index in [1.54, 1.807) is 32.6 Å². The van der Waals surface area contributed by atoms with Crippen LogP contribution >= 0.6 is 0 Å². The number of nitrogens with one attached hydrogen (secondary N) is 1. The molecule has 2 heterocycles. The van der Waals surface area contributed by atoms with E-state index in [0.29, 0.717) is 24.3 Å². The molecule has 1 aliphatic rings. The van der Waals surface area contributed by atoms with Gasteiger partial charge in [0, 0.05) is 18.8 Å². The fourth-order valence-corrected chi connectivity index (χ4v) is 2.93. The predicted octanol–water partition coefficient (Wildman–Crippen LogP) is 1.98. The van der Waals surface area contributed by atoms with Crippen LogP contribution in [0.25, 0.3) is 0 Å². The van der Waals surface area contributed by atoms with E-state index in [1.807, 2.05) is 0 Å². The van der Waals surface area contributed by atoms with E-state index in [2.05, 4.69) is 4.98 Å². The van der Waals surface area contributed by atoms with Crippen molar-refractivity contribution in [3.63, 3.8) is 0 Å². The second kappa shape index (κ2) is 7.51. The molecule has 0 unspecified atom stereocenters. The molecule has 132 valence electrons. The van der Waals surface area contributed by atoms with Crippen molar-refractivity contribution >= 4 is 17.8 Å². The van der Waals surface area contributed by atoms with Gasteiger partial charge in [-0.1, -0.05) is 0 Å². The van der Waals surface area contributed by atoms with Crippen LogP contribution in [0.15, 0.2) is 0 Å². The summed E-state index contributed by atoms with van der Waals surface area (Å²) < 4.78 is 10.3. The van der Waals surface area contributed by atoms with Crippen LogP contribution in [0.3, 0.4) is 0 Å². The van der Waals surface area contributed by atoms with Crippen molar-refractivity contribution in [1.29, 1.82) is 0 Å². The number of aromatic nitrogens is 1. The third kappa shape index (κ3) is 3.60. The SMILES string of the molecule is CCOC(=O)c1[nH]c(C)c(C(=O)O[C@@H](C)C(=O)N2CCCC2)c1C. The van der Waals surface area contributed by atoms with Crippen molar-refractivity contribution in [2.24, 2.45) is 0 Å². The molecule has 1 atom stereocenters. The van der Waals surface area contributed by atoms with Gasteiger partial charge in [0.05, 0.1) is 12.2 Å². The monoisotopic (exact) mass is 336 g/mol. The molecule has 0 spiro atoms. The first kappa shape index (κ1) is 18.0. The maximum absolute atomic E-state index is 12.4. The molecule has 1 fully saturated rings. The number of aryl methyl sites for hydroxylation is 1. The van der Waals surface area contributed by atoms with Crippen LogP contribution in [0.4, 0.5) is 0 Å². The summed E-state index contributed by atoms with van der Waals surface area (Å²) in [6.45, 7) is 8.27. The van der Waals surface area contributed by atoms with Gasteiger partial charge in [0.15, 0.2) is 6.10 Å². The summed E-state index contributed by atoms with van der Waals surface area (Å²) >= 11 is 0. The molecular weight excluding hydrogens is 312 g/mol. The van der Waals surface area contributed by atoms with Crippen LogP contribution in [-0.2, 0) is 14.3 Å². The molecule has 7 heteroatoms. The van der Waals surface area contributed by atoms with Gasteiger partial charge in [-0.05, 0) is 46.1 Å². The van der Waals surface area contributed by atoms with Gasteiger partial charge >= 0.3 is 11.9 Å². The zero-order chi connectivity index (χ0) is 17.9. The van der Waals surface area contributed by atoms with Crippen molar-refractivity contribution in [2.45, 2.75) is 46.6 Å². The lowest BCUT2D eigenvalue weighted by atomic mass is 10.1. The van der Waals surface area contributed by atoms with E-state index < -0.39 is 18.0 Å². The van der Waals surface area contributed by atoms with Crippen LogP contribution in [0.1, 0.15) is 58.8 Å². The van der Waals surface area contributed by atoms with E-state index in [9.17, 15) is 14.4 Å². The number of likely N-dealkylation sites (tertiary alicyclic amines) is 1. The lowest BCUT2D eigenvalue weighted by molar-refractivity contribution is -0.138. The van der Waals surface area contributed by atoms with E-state index >= 15 is 0 Å². The normalized spacial score (nSPS) is 15.2. The van der Waals surface area contributed by atoms with Gasteiger partial charge < -0.3 is 19.4 Å². The maximum atomic E-state index is 12.4. The fraction of sp³-hybridized carbons (Fsp3) is 0.588. The topological polar surface area (TPSA) is 88.7 Å². The summed E-state index contributed by atoms with van der Waals surface area (Å²) in [5, 5.41) is 0. The fourth-order valence-electron chi connectivity index (χ4n) is 2.93. The van der Waals surface area contributed by atoms with Crippen LogP contribution in [-0.4, -0.2) is 53.5 Å². The second-order valence-corrected chi connectivity index (χ2v) is 5.93. The summed E-state index contributed by atoms with van der Waals surface area (Å²) in [6.07, 6.45) is 1.10. The molecule has 24 heavy (non-hydrogen) atoms. The average Bonchev–Trinajstić information content (AvgIpc) is 3.15. The first-order valence-corrected chi connectivity index (χ1v) is 8.22. The number of nitrogens with zero attached hydrogens (tertiary/aromatic N) is 1. The van der Waals surface area contributed by atoms with Crippen molar-refractivity contribution in [2.75, 3.05) is 19.7 Å². The minimum atomic E-state index is -0.852. The van der Waals surface area contributed by atoms with E-state index in [0.717, 1.165) is 12.8 Å². The molecule has 0 aliphatic carbocycles. The van der Waals surface area contributed by atoms with Gasteiger partial charge in [0.1, 0.15) is 5.69 Å². The Morgan fingerprint density at radius 2 is 1.79 bits per heavy atom. The molecule has 1 saturated heterocycles. The highest BCUT2D eigenvalue weighted by Gasteiger charge is 2.29. The maximum Gasteiger partial charge on any atom is 0.355 e. The van der Waals surface area contributed by atoms with Crippen LogP contribution in [0.5, 0.6) is 0 Å². The van der Waals surface area contributed by atoms with Gasteiger partial charge in [-0.25, -0.2) is 9.59 Å². The Balaban J connectivity index is 2.12. The third-order valence-corrected chi connectivity index (χ3v) is 4.17. The van der Waals surface area contributed by atoms with E-state index in [1.165, 1.54) is 0 Å². The van der Waals surface area contributed by atoms with E-state index in [-0.39, 0.29) is 23.8 Å². The number of esters is 2. The number of amides is 1. The summed E-state index contributed by atoms with van der Waals surface area (Å²) in [7, 11) is 0. The van der Waals surface area contributed by atoms with Gasteiger partial charge in [0.2, 0.25) is 0 Å². The molecule has 2 rings (SSSR count). The smallest absolute Gasteiger partial charge is 0.355 e. The highest BCUT2D eigenvalue weighted by Crippen LogP contribution is 2.21. The molecule has 0 aromatic carbocycles. The standard InChI is InChI=1S/C17H24N2O5/c1-5-23-17(22)14-10(2)13(11(3)18-14)16(21)24-12(4)15(20)19-8-6-7-9-19/h12,18H,5-9H2,1-4H3/t12-/m0/s1. The molecule has 1 aromatic heterocycles. The first-order valence-electron chi connectivity index (χ1n) is 8.22. The van der Waals surface area contributed by atoms with Gasteiger partial charge in [0.25, 0.3) is 5.91 Å². The van der Waals surface area contributed by atoms with Gasteiger partial charge in [-0.2, -0.15) is 0 Å². The minimum absolute atomic E-state index is 0.183. The summed E-state index contributed by atoms with van der Waals surface area (Å²) in [5.41, 5.74) is 1.50. The first-order chi connectivity index (χ1) is 11.4. The van der Waals surface area contributed by atoms with Crippen molar-refractivity contribution in [3.8, 4) is 0 Å². The number of carbonyl (C=O) groups is 3. The van der Waals surface area contributed by atoms with Crippen molar-refractivity contribution < 1.29 is 23.9 Å². The van der Waals surface area contributed by atoms with E-state index in [4.69, 9.17) is 9.47 Å². The highest BCUT2D eigenvalue weighted by molar-refractivity contribution is 5.99. The predicted molar refractivity (Wildman–Crippen MR) is 86.9 cm³/mol. The number of hydrogen-bond acceptors (Lipinski definition) is 5. The number of H-pyrrole nitrogens is 1. The number of aromatic amines is 1. The zero-order valence-electron chi connectivity index (χ0n) is 14.6. The number of carbonyl (C=O) groups excluding carboxylic acids is 3. The number of ether oxygens (including phenoxy) is 2. The molecule has 1 aromatic rings. The molecule has 1 amide bonds. The van der Waals surface area contributed by atoms with Gasteiger partial charge in [-0.3, -0.25) is 4.79 Å². The third-order valence-electron chi connectivity index (χ3n) is 4.17. The summed E-state index contributed by atoms with van der Waals surface area (Å²) in [4.78, 5) is 41.2. The molecule has 1 N–H and O–H groups in total. The molecule has 0 saturated carbocycles. The Bertz CT molecular complexity index is 644. The Morgan fingerprint density at radius 1 is 1.17 bits per heavy atom. The van der Waals surface area contributed by atoms with Crippen LogP contribution in [0, 0.1) is 13.8 Å². The molecule has 7 nitrogen and oxygen atoms in total. The molecule has 0 radical (unpaired) electrons. The van der Waals surface area contributed by atoms with Crippen molar-refractivity contribution in [1.82, 2.24) is 9.88 Å². The Kier molecular flexibility index (Phi) is 5.64. The van der Waals surface area contributed by atoms with Crippen LogP contribution in [0.2, 0.25) is 0 Å². The lowest BCUT2D eigenvalue weighted by Crippen LogP contribution is -2.38.